The summed E-state index contributed by atoms with van der Waals surface area (Å²) in [7, 11) is -2.10. The second kappa shape index (κ2) is 8.87. The Hall–Kier alpha value is -2.23. The largest absolute Gasteiger partial charge is 0.358 e. The maximum absolute atomic E-state index is 12.5. The van der Waals surface area contributed by atoms with Crippen LogP contribution in [-0.4, -0.2) is 50.7 Å². The smallest absolute Gasteiger partial charge is 0.261 e. The van der Waals surface area contributed by atoms with Gasteiger partial charge in [-0.2, -0.15) is 8.42 Å². The summed E-state index contributed by atoms with van der Waals surface area (Å²) in [5, 5.41) is 4.00. The summed E-state index contributed by atoms with van der Waals surface area (Å²) in [6.45, 7) is 0.347. The fourth-order valence-corrected chi connectivity index (χ4v) is 3.67. The van der Waals surface area contributed by atoms with E-state index >= 15 is 0 Å². The van der Waals surface area contributed by atoms with Crippen LogP contribution in [0.2, 0.25) is 10.0 Å². The van der Waals surface area contributed by atoms with Crippen LogP contribution in [0.5, 0.6) is 0 Å². The number of nitrogens with zero attached hydrogens (tertiary/aromatic N) is 1. The second-order valence-electron chi connectivity index (χ2n) is 6.56. The number of hydrogen-bond donors (Lipinski definition) is 2. The molecule has 2 aromatic carbocycles. The van der Waals surface area contributed by atoms with E-state index in [9.17, 15) is 13.2 Å². The Bertz CT molecular complexity index is 1170. The van der Waals surface area contributed by atoms with Crippen molar-refractivity contribution in [1.29, 1.82) is 0 Å². The Morgan fingerprint density at radius 3 is 2.43 bits per heavy atom. The molecule has 0 spiro atoms. The van der Waals surface area contributed by atoms with Gasteiger partial charge in [0.1, 0.15) is 0 Å². The number of carbonyl (C=O) groups is 1. The van der Waals surface area contributed by atoms with Crippen molar-refractivity contribution in [2.24, 2.45) is 4.99 Å². The number of ether oxygens (including phenoxy) is 1. The van der Waals surface area contributed by atoms with E-state index < -0.39 is 16.3 Å². The molecule has 7 nitrogen and oxygen atoms in total. The van der Waals surface area contributed by atoms with Gasteiger partial charge < -0.3 is 10.1 Å². The van der Waals surface area contributed by atoms with Crippen LogP contribution in [0.3, 0.4) is 0 Å². The first-order chi connectivity index (χ1) is 14.1. The van der Waals surface area contributed by atoms with Crippen LogP contribution < -0.4 is 5.32 Å². The number of carbonyl (C=O) groups excluding carboxylic acids is 1. The quantitative estimate of drug-likeness (QED) is 0.658. The number of rotatable bonds is 2. The molecule has 1 unspecified atom stereocenters. The van der Waals surface area contributed by atoms with E-state index in [4.69, 9.17) is 37.5 Å². The summed E-state index contributed by atoms with van der Waals surface area (Å²) in [6.07, 6.45) is 0.243. The van der Waals surface area contributed by atoms with Crippen molar-refractivity contribution < 1.29 is 22.5 Å². The van der Waals surface area contributed by atoms with Crippen molar-refractivity contribution in [2.45, 2.75) is 6.23 Å². The van der Waals surface area contributed by atoms with Gasteiger partial charge in [-0.15, -0.1) is 0 Å². The first-order valence-electron chi connectivity index (χ1n) is 8.69. The number of halogens is 2. The number of amides is 1. The minimum Gasteiger partial charge on any atom is -0.358 e. The van der Waals surface area contributed by atoms with Crippen LogP contribution in [-0.2, 0) is 19.6 Å². The highest BCUT2D eigenvalue weighted by atomic mass is 35.5. The molecule has 2 heterocycles. The van der Waals surface area contributed by atoms with Crippen molar-refractivity contribution in [3.05, 3.63) is 74.8 Å². The number of nitrogens with one attached hydrogen (secondary N) is 1. The minimum absolute atomic E-state index is 0.166. The van der Waals surface area contributed by atoms with Crippen LogP contribution in [0.15, 0.2) is 53.0 Å². The van der Waals surface area contributed by atoms with E-state index in [1.165, 1.54) is 0 Å². The number of fused-ring (bicyclic) bond motifs is 2. The predicted molar refractivity (Wildman–Crippen MR) is 117 cm³/mol. The summed E-state index contributed by atoms with van der Waals surface area (Å²) in [5.74, 6) is -0.166. The first-order valence-corrected chi connectivity index (χ1v) is 11.3. The summed E-state index contributed by atoms with van der Waals surface area (Å²) < 4.78 is 31.3. The standard InChI is InChI=1S/C19H14Cl2N2O2.CH4O3S/c1-25-19-14-9-22-17(12-4-2-3-5-15(12)21)13-8-10(20)6-7-11(13)16(14)18(24)23-19;1-5(2,3)4/h2-8,19H,9H2,1H3,(H,23,24);1H3,(H,2,3,4). The fraction of sp³-hybridized carbons (Fsp3) is 0.200. The molecule has 0 radical (unpaired) electrons. The van der Waals surface area contributed by atoms with Gasteiger partial charge >= 0.3 is 0 Å². The highest BCUT2D eigenvalue weighted by molar-refractivity contribution is 7.85. The molecule has 0 bridgehead atoms. The Balaban J connectivity index is 0.000000461. The number of aliphatic imine (C=N–C) groups is 1. The zero-order chi connectivity index (χ0) is 22.1. The molecule has 0 fully saturated rings. The molecule has 2 aromatic rings. The number of hydrogen-bond acceptors (Lipinski definition) is 5. The van der Waals surface area contributed by atoms with Crippen LogP contribution in [0.1, 0.15) is 16.7 Å². The Kier molecular flexibility index (Phi) is 6.64. The molecular formula is C20H18Cl2N2O5S. The molecule has 0 saturated heterocycles. The van der Waals surface area contributed by atoms with Crippen molar-refractivity contribution in [3.63, 3.8) is 0 Å². The van der Waals surface area contributed by atoms with Gasteiger partial charge in [0.15, 0.2) is 6.23 Å². The van der Waals surface area contributed by atoms with Gasteiger partial charge in [0, 0.05) is 33.9 Å². The molecular weight excluding hydrogens is 451 g/mol. The second-order valence-corrected chi connectivity index (χ2v) is 8.87. The van der Waals surface area contributed by atoms with E-state index in [1.807, 2.05) is 36.4 Å². The fourth-order valence-electron chi connectivity index (χ4n) is 3.28. The normalized spacial score (nSPS) is 17.8. The zero-order valence-corrected chi connectivity index (χ0v) is 18.3. The summed E-state index contributed by atoms with van der Waals surface area (Å²) >= 11 is 12.6. The average Bonchev–Trinajstić information content (AvgIpc) is 2.87. The third-order valence-electron chi connectivity index (χ3n) is 4.41. The predicted octanol–water partition coefficient (Wildman–Crippen LogP) is 3.20. The third-order valence-corrected chi connectivity index (χ3v) is 4.97. The van der Waals surface area contributed by atoms with E-state index in [1.54, 1.807) is 13.2 Å². The molecule has 10 heteroatoms. The first kappa shape index (κ1) is 22.5. The topological polar surface area (TPSA) is 105 Å². The van der Waals surface area contributed by atoms with Gasteiger partial charge in [0.25, 0.3) is 16.0 Å². The third kappa shape index (κ3) is 4.91. The van der Waals surface area contributed by atoms with Crippen LogP contribution >= 0.6 is 23.2 Å². The molecule has 2 aliphatic rings. The maximum Gasteiger partial charge on any atom is 0.261 e. The van der Waals surface area contributed by atoms with E-state index in [2.05, 4.69) is 5.32 Å². The highest BCUT2D eigenvalue weighted by Gasteiger charge is 2.35. The van der Waals surface area contributed by atoms with Gasteiger partial charge in [-0.1, -0.05) is 47.5 Å². The molecule has 1 amide bonds. The van der Waals surface area contributed by atoms with Crippen molar-refractivity contribution in [2.75, 3.05) is 19.9 Å². The van der Waals surface area contributed by atoms with Gasteiger partial charge in [-0.05, 0) is 23.8 Å². The molecule has 1 atom stereocenters. The molecule has 4 rings (SSSR count). The summed E-state index contributed by atoms with van der Waals surface area (Å²) in [6, 6.07) is 13.0. The maximum atomic E-state index is 12.5. The Labute approximate surface area is 184 Å². The van der Waals surface area contributed by atoms with Gasteiger partial charge in [-0.3, -0.25) is 14.3 Å². The zero-order valence-electron chi connectivity index (χ0n) is 16.0. The van der Waals surface area contributed by atoms with Gasteiger partial charge in [0.2, 0.25) is 0 Å². The Morgan fingerprint density at radius 1 is 1.13 bits per heavy atom. The van der Waals surface area contributed by atoms with Crippen molar-refractivity contribution in [3.8, 4) is 0 Å². The van der Waals surface area contributed by atoms with Crippen molar-refractivity contribution >= 4 is 50.5 Å². The lowest BCUT2D eigenvalue weighted by Gasteiger charge is -2.14. The SMILES string of the molecule is COC1NC(=O)C2=C1CN=C(c1ccccc1Cl)c1cc(Cl)ccc12.CS(=O)(=O)O. The lowest BCUT2D eigenvalue weighted by atomic mass is 9.92. The van der Waals surface area contributed by atoms with E-state index in [0.29, 0.717) is 28.4 Å². The van der Waals surface area contributed by atoms with E-state index in [0.717, 1.165) is 28.0 Å². The summed E-state index contributed by atoms with van der Waals surface area (Å²) in [4.78, 5) is 17.3. The van der Waals surface area contributed by atoms with Gasteiger partial charge in [-0.25, -0.2) is 0 Å². The molecule has 30 heavy (non-hydrogen) atoms. The van der Waals surface area contributed by atoms with Crippen LogP contribution in [0.4, 0.5) is 0 Å². The van der Waals surface area contributed by atoms with Crippen LogP contribution in [0, 0.1) is 0 Å². The molecule has 0 aliphatic carbocycles. The molecule has 0 aromatic heterocycles. The lowest BCUT2D eigenvalue weighted by molar-refractivity contribution is -0.117. The average molecular weight is 469 g/mol. The minimum atomic E-state index is -3.67. The summed E-state index contributed by atoms with van der Waals surface area (Å²) in [5.41, 5.74) is 4.52. The van der Waals surface area contributed by atoms with Gasteiger partial charge in [0.05, 0.1) is 24.1 Å². The highest BCUT2D eigenvalue weighted by Crippen LogP contribution is 2.35. The molecule has 2 aliphatic heterocycles. The monoisotopic (exact) mass is 468 g/mol. The number of methoxy groups -OCH3 is 1. The van der Waals surface area contributed by atoms with Crippen molar-refractivity contribution in [1.82, 2.24) is 5.32 Å². The molecule has 158 valence electrons. The molecule has 0 saturated carbocycles. The van der Waals surface area contributed by atoms with E-state index in [-0.39, 0.29) is 5.91 Å². The molecule has 2 N–H and O–H groups in total. The lowest BCUT2D eigenvalue weighted by Crippen LogP contribution is -2.31. The number of benzene rings is 2. The Morgan fingerprint density at radius 2 is 1.80 bits per heavy atom. The van der Waals surface area contributed by atoms with Crippen LogP contribution in [0.25, 0.3) is 5.57 Å².